The number of carboxylic acids is 2. The molecule has 9 heteroatoms. The third-order valence-electron chi connectivity index (χ3n) is 6.62. The van der Waals surface area contributed by atoms with E-state index in [-0.39, 0.29) is 5.92 Å². The lowest BCUT2D eigenvalue weighted by molar-refractivity contribution is -0.134. The highest BCUT2D eigenvalue weighted by Gasteiger charge is 2.36. The van der Waals surface area contributed by atoms with Crippen molar-refractivity contribution in [2.45, 2.75) is 38.5 Å². The van der Waals surface area contributed by atoms with Crippen molar-refractivity contribution in [3.05, 3.63) is 71.9 Å². The summed E-state index contributed by atoms with van der Waals surface area (Å²) < 4.78 is 10.8. The number of rotatable bonds is 13. The van der Waals surface area contributed by atoms with E-state index in [4.69, 9.17) is 19.7 Å². The molecule has 0 saturated heterocycles. The van der Waals surface area contributed by atoms with Gasteiger partial charge in [-0.15, -0.1) is 0 Å². The number of nitrogens with one attached hydrogen (secondary N) is 2. The zero-order valence-corrected chi connectivity index (χ0v) is 22.9. The van der Waals surface area contributed by atoms with E-state index in [1.165, 1.54) is 16.5 Å². The number of aromatic amines is 1. The van der Waals surface area contributed by atoms with Gasteiger partial charge in [0.25, 0.3) is 0 Å². The number of aliphatic carboxylic acids is 2. The van der Waals surface area contributed by atoms with E-state index in [2.05, 4.69) is 60.7 Å². The minimum Gasteiger partial charge on any atom is -0.493 e. The molecular formula is C30H37N3O6. The molecule has 9 nitrogen and oxygen atoms in total. The van der Waals surface area contributed by atoms with Crippen LogP contribution in [0.2, 0.25) is 0 Å². The summed E-state index contributed by atoms with van der Waals surface area (Å²) in [6.45, 7) is 6.03. The second-order valence-corrected chi connectivity index (χ2v) is 9.28. The van der Waals surface area contributed by atoms with Gasteiger partial charge < -0.3 is 30.0 Å². The number of carboxylic acid groups (broad SMARTS) is 2. The van der Waals surface area contributed by atoms with Gasteiger partial charge in [0.15, 0.2) is 11.5 Å². The van der Waals surface area contributed by atoms with E-state index in [1.807, 2.05) is 18.2 Å². The van der Waals surface area contributed by atoms with Crippen LogP contribution in [-0.4, -0.2) is 54.4 Å². The number of hydrogen-bond acceptors (Lipinski definition) is 6. The van der Waals surface area contributed by atoms with E-state index in [1.54, 1.807) is 14.2 Å². The number of methoxy groups -OCH3 is 2. The maximum atomic E-state index is 10.2. The first-order valence-corrected chi connectivity index (χ1v) is 12.7. The van der Waals surface area contributed by atoms with Gasteiger partial charge in [0, 0.05) is 29.3 Å². The normalized spacial score (nSPS) is 12.4. The lowest BCUT2D eigenvalue weighted by atomic mass is 9.70. The summed E-state index contributed by atoms with van der Waals surface area (Å²) in [5, 5.41) is 30.6. The molecule has 0 bridgehead atoms. The molecule has 0 saturated carbocycles. The van der Waals surface area contributed by atoms with Gasteiger partial charge >= 0.3 is 11.9 Å². The Kier molecular flexibility index (Phi) is 12.1. The highest BCUT2D eigenvalue weighted by atomic mass is 16.5. The van der Waals surface area contributed by atoms with Crippen LogP contribution in [0, 0.1) is 17.2 Å². The first-order valence-electron chi connectivity index (χ1n) is 12.7. The Labute approximate surface area is 229 Å². The monoisotopic (exact) mass is 535 g/mol. The van der Waals surface area contributed by atoms with Crippen molar-refractivity contribution >= 4 is 22.8 Å². The molecule has 0 radical (unpaired) electrons. The number of carbonyl (C=O) groups is 2. The number of nitriles is 1. The predicted octanol–water partition coefficient (Wildman–Crippen LogP) is 4.93. The molecule has 1 heterocycles. The second kappa shape index (κ2) is 15.2. The van der Waals surface area contributed by atoms with E-state index in [0.29, 0.717) is 23.7 Å². The topological polar surface area (TPSA) is 145 Å². The van der Waals surface area contributed by atoms with Crippen LogP contribution in [0.5, 0.6) is 11.5 Å². The zero-order valence-electron chi connectivity index (χ0n) is 22.9. The van der Waals surface area contributed by atoms with Crippen molar-refractivity contribution in [3.63, 3.8) is 0 Å². The third kappa shape index (κ3) is 8.62. The molecule has 2 aromatic carbocycles. The van der Waals surface area contributed by atoms with Crippen molar-refractivity contribution in [1.29, 1.82) is 5.26 Å². The fourth-order valence-corrected chi connectivity index (χ4v) is 4.45. The second-order valence-electron chi connectivity index (χ2n) is 9.28. The van der Waals surface area contributed by atoms with Gasteiger partial charge in [-0.25, -0.2) is 9.59 Å². The van der Waals surface area contributed by atoms with Crippen LogP contribution in [0.25, 0.3) is 10.9 Å². The van der Waals surface area contributed by atoms with Crippen molar-refractivity contribution in [3.8, 4) is 17.6 Å². The fraction of sp³-hybridized carbons (Fsp3) is 0.367. The highest BCUT2D eigenvalue weighted by Crippen LogP contribution is 2.40. The molecule has 1 atom stereocenters. The van der Waals surface area contributed by atoms with Gasteiger partial charge in [0.05, 0.1) is 25.7 Å². The van der Waals surface area contributed by atoms with E-state index >= 15 is 0 Å². The standard InChI is InChI=1S/C26H33N3O2.C4H4O4/c1-19(2)26(18-27,21-10-11-24(30-3)25(16-21)31-4)13-7-14-28-15-12-20-17-29-23-9-6-5-8-22(20)23;5-3(6)1-2-4(7)8/h5-6,8-11,16-17,19,28-29H,7,12-15H2,1-4H3;1-2H,(H,5,6)(H,7,8)/b;2-1+. The largest absolute Gasteiger partial charge is 0.493 e. The first-order chi connectivity index (χ1) is 18.7. The molecule has 0 aliphatic carbocycles. The number of benzene rings is 2. The molecule has 1 unspecified atom stereocenters. The smallest absolute Gasteiger partial charge is 0.328 e. The summed E-state index contributed by atoms with van der Waals surface area (Å²) in [5.41, 5.74) is 2.95. The number of hydrogen-bond donors (Lipinski definition) is 4. The van der Waals surface area contributed by atoms with Crippen molar-refractivity contribution < 1.29 is 29.3 Å². The predicted molar refractivity (Wildman–Crippen MR) is 150 cm³/mol. The molecular weight excluding hydrogens is 498 g/mol. The van der Waals surface area contributed by atoms with E-state index in [0.717, 1.165) is 37.9 Å². The Morgan fingerprint density at radius 2 is 1.72 bits per heavy atom. The first kappa shape index (κ1) is 30.9. The minimum absolute atomic E-state index is 0.182. The van der Waals surface area contributed by atoms with Gasteiger partial charge in [-0.1, -0.05) is 38.1 Å². The van der Waals surface area contributed by atoms with Gasteiger partial charge in [-0.3, -0.25) is 0 Å². The molecule has 208 valence electrons. The average Bonchev–Trinajstić information content (AvgIpc) is 3.34. The zero-order chi connectivity index (χ0) is 28.8. The summed E-state index contributed by atoms with van der Waals surface area (Å²) in [6.07, 6.45) is 5.91. The molecule has 0 spiro atoms. The Balaban J connectivity index is 0.000000580. The molecule has 0 aliphatic rings. The lowest BCUT2D eigenvalue weighted by Crippen LogP contribution is -2.32. The number of aromatic nitrogens is 1. The van der Waals surface area contributed by atoms with Crippen LogP contribution in [0.1, 0.15) is 37.8 Å². The summed E-state index contributed by atoms with van der Waals surface area (Å²) in [5.74, 6) is -0.987. The van der Waals surface area contributed by atoms with Gasteiger partial charge in [-0.05, 0) is 67.6 Å². The van der Waals surface area contributed by atoms with Gasteiger partial charge in [0.1, 0.15) is 0 Å². The number of ether oxygens (including phenoxy) is 2. The van der Waals surface area contributed by atoms with Crippen LogP contribution >= 0.6 is 0 Å². The molecule has 39 heavy (non-hydrogen) atoms. The number of para-hydroxylation sites is 1. The number of H-pyrrole nitrogens is 1. The molecule has 0 fully saturated rings. The third-order valence-corrected chi connectivity index (χ3v) is 6.62. The Morgan fingerprint density at radius 1 is 1.05 bits per heavy atom. The SMILES string of the molecule is COc1ccc(C(C#N)(CCCNCCc2c[nH]c3ccccc23)C(C)C)cc1OC.O=C(O)/C=C/C(=O)O. The van der Waals surface area contributed by atoms with Crippen LogP contribution in [0.4, 0.5) is 0 Å². The Bertz CT molecular complexity index is 1290. The minimum atomic E-state index is -1.26. The molecule has 0 aliphatic heterocycles. The van der Waals surface area contributed by atoms with E-state index < -0.39 is 17.4 Å². The van der Waals surface area contributed by atoms with Crippen LogP contribution in [0.15, 0.2) is 60.8 Å². The summed E-state index contributed by atoms with van der Waals surface area (Å²) in [7, 11) is 3.25. The number of nitrogens with zero attached hydrogens (tertiary/aromatic N) is 1. The lowest BCUT2D eigenvalue weighted by Gasteiger charge is -2.32. The van der Waals surface area contributed by atoms with Crippen molar-refractivity contribution in [2.75, 3.05) is 27.3 Å². The average molecular weight is 536 g/mol. The quantitative estimate of drug-likeness (QED) is 0.178. The van der Waals surface area contributed by atoms with Crippen LogP contribution < -0.4 is 14.8 Å². The molecule has 3 aromatic rings. The maximum Gasteiger partial charge on any atom is 0.328 e. The molecule has 3 rings (SSSR count). The van der Waals surface area contributed by atoms with Gasteiger partial charge in [0.2, 0.25) is 0 Å². The molecule has 0 amide bonds. The summed E-state index contributed by atoms with van der Waals surface area (Å²) in [6, 6.07) is 16.9. The Hall–Kier alpha value is -4.29. The van der Waals surface area contributed by atoms with E-state index in [9.17, 15) is 14.9 Å². The van der Waals surface area contributed by atoms with Crippen LogP contribution in [0.3, 0.4) is 0 Å². The summed E-state index contributed by atoms with van der Waals surface area (Å²) >= 11 is 0. The molecule has 1 aromatic heterocycles. The van der Waals surface area contributed by atoms with Crippen molar-refractivity contribution in [1.82, 2.24) is 10.3 Å². The Morgan fingerprint density at radius 3 is 2.31 bits per heavy atom. The van der Waals surface area contributed by atoms with Gasteiger partial charge in [-0.2, -0.15) is 5.26 Å². The number of fused-ring (bicyclic) bond motifs is 1. The summed E-state index contributed by atoms with van der Waals surface area (Å²) in [4.78, 5) is 22.4. The molecule has 4 N–H and O–H groups in total. The van der Waals surface area contributed by atoms with Crippen molar-refractivity contribution in [2.24, 2.45) is 5.92 Å². The highest BCUT2D eigenvalue weighted by molar-refractivity contribution is 5.89. The van der Waals surface area contributed by atoms with Crippen LogP contribution in [-0.2, 0) is 21.4 Å². The fourth-order valence-electron chi connectivity index (χ4n) is 4.45. The maximum absolute atomic E-state index is 10.2.